The quantitative estimate of drug-likeness (QED) is 0.738. The van der Waals surface area contributed by atoms with Crippen LogP contribution in [0.5, 0.6) is 0 Å². The summed E-state index contributed by atoms with van der Waals surface area (Å²) in [4.78, 5) is 3.94. The highest BCUT2D eigenvalue weighted by Crippen LogP contribution is 2.13. The van der Waals surface area contributed by atoms with Crippen LogP contribution in [0.1, 0.15) is 0 Å². The predicted molar refractivity (Wildman–Crippen MR) is 54.0 cm³/mol. The van der Waals surface area contributed by atoms with E-state index in [0.29, 0.717) is 11.5 Å². The molecule has 0 atom stereocenters. The fourth-order valence-corrected chi connectivity index (χ4v) is 1.04. The smallest absolute Gasteiger partial charge is 0.153 e. The molecule has 70 valence electrons. The Balaban J connectivity index is 2.19. The Labute approximate surface area is 81.0 Å². The van der Waals surface area contributed by atoms with Gasteiger partial charge in [0.1, 0.15) is 0 Å². The van der Waals surface area contributed by atoms with Crippen molar-refractivity contribution in [2.45, 2.75) is 0 Å². The van der Waals surface area contributed by atoms with Crippen LogP contribution in [0.15, 0.2) is 36.8 Å². The molecule has 0 aliphatic carbocycles. The molecule has 2 aromatic heterocycles. The standard InChI is InChI=1S/C9H9N5/c10-7-4-8(6-11-5-7)13-9-2-1-3-12-14-9/h1-6H,10H2,(H,13,14). The van der Waals surface area contributed by atoms with Gasteiger partial charge in [0.25, 0.3) is 0 Å². The van der Waals surface area contributed by atoms with E-state index in [0.717, 1.165) is 5.69 Å². The van der Waals surface area contributed by atoms with Gasteiger partial charge in [-0.05, 0) is 18.2 Å². The first-order valence-electron chi connectivity index (χ1n) is 4.10. The number of rotatable bonds is 2. The summed E-state index contributed by atoms with van der Waals surface area (Å²) >= 11 is 0. The van der Waals surface area contributed by atoms with Crippen molar-refractivity contribution < 1.29 is 0 Å². The minimum atomic E-state index is 0.610. The van der Waals surface area contributed by atoms with Crippen molar-refractivity contribution in [3.05, 3.63) is 36.8 Å². The molecule has 2 aromatic rings. The summed E-state index contributed by atoms with van der Waals surface area (Å²) in [5.41, 5.74) is 6.98. The minimum Gasteiger partial charge on any atom is -0.397 e. The van der Waals surface area contributed by atoms with Crippen molar-refractivity contribution in [2.75, 3.05) is 11.1 Å². The third kappa shape index (κ3) is 1.95. The first kappa shape index (κ1) is 8.43. The zero-order valence-corrected chi connectivity index (χ0v) is 7.38. The highest BCUT2D eigenvalue weighted by molar-refractivity contribution is 5.58. The fraction of sp³-hybridized carbons (Fsp3) is 0. The zero-order valence-electron chi connectivity index (χ0n) is 7.38. The second-order valence-electron chi connectivity index (χ2n) is 2.74. The minimum absolute atomic E-state index is 0.610. The molecule has 0 amide bonds. The summed E-state index contributed by atoms with van der Waals surface area (Å²) in [6, 6.07) is 5.40. The molecule has 5 nitrogen and oxygen atoms in total. The molecule has 0 bridgehead atoms. The molecule has 2 rings (SSSR count). The number of hydrogen-bond acceptors (Lipinski definition) is 5. The predicted octanol–water partition coefficient (Wildman–Crippen LogP) is 1.20. The van der Waals surface area contributed by atoms with Crippen molar-refractivity contribution in [3.8, 4) is 0 Å². The molecule has 0 aromatic carbocycles. The van der Waals surface area contributed by atoms with Gasteiger partial charge in [0.15, 0.2) is 5.82 Å². The van der Waals surface area contributed by atoms with Gasteiger partial charge in [-0.2, -0.15) is 5.10 Å². The van der Waals surface area contributed by atoms with Gasteiger partial charge in [-0.1, -0.05) is 0 Å². The average molecular weight is 187 g/mol. The van der Waals surface area contributed by atoms with E-state index >= 15 is 0 Å². The van der Waals surface area contributed by atoms with Gasteiger partial charge in [0, 0.05) is 12.4 Å². The van der Waals surface area contributed by atoms with E-state index in [2.05, 4.69) is 20.5 Å². The van der Waals surface area contributed by atoms with Crippen LogP contribution in [0, 0.1) is 0 Å². The highest BCUT2D eigenvalue weighted by atomic mass is 15.2. The van der Waals surface area contributed by atoms with Crippen molar-refractivity contribution in [1.82, 2.24) is 15.2 Å². The maximum absolute atomic E-state index is 5.57. The summed E-state index contributed by atoms with van der Waals surface area (Å²) in [6.45, 7) is 0. The largest absolute Gasteiger partial charge is 0.397 e. The van der Waals surface area contributed by atoms with Crippen LogP contribution in [-0.4, -0.2) is 15.2 Å². The Bertz CT molecular complexity index is 415. The molecule has 0 fully saturated rings. The Morgan fingerprint density at radius 3 is 2.93 bits per heavy atom. The topological polar surface area (TPSA) is 76.7 Å². The number of nitrogens with two attached hydrogens (primary N) is 1. The lowest BCUT2D eigenvalue weighted by Crippen LogP contribution is -1.96. The van der Waals surface area contributed by atoms with Crippen molar-refractivity contribution in [2.24, 2.45) is 0 Å². The maximum atomic E-state index is 5.57. The molecule has 0 spiro atoms. The first-order valence-corrected chi connectivity index (χ1v) is 4.10. The van der Waals surface area contributed by atoms with Gasteiger partial charge in [-0.15, -0.1) is 5.10 Å². The molecular formula is C9H9N5. The fourth-order valence-electron chi connectivity index (χ4n) is 1.04. The monoisotopic (exact) mass is 187 g/mol. The summed E-state index contributed by atoms with van der Waals surface area (Å²) in [6.07, 6.45) is 4.87. The average Bonchev–Trinajstić information content (AvgIpc) is 2.19. The molecular weight excluding hydrogens is 178 g/mol. The van der Waals surface area contributed by atoms with E-state index in [9.17, 15) is 0 Å². The van der Waals surface area contributed by atoms with Crippen LogP contribution >= 0.6 is 0 Å². The molecule has 3 N–H and O–H groups in total. The van der Waals surface area contributed by atoms with Gasteiger partial charge in [0.05, 0.1) is 17.6 Å². The van der Waals surface area contributed by atoms with E-state index in [1.165, 1.54) is 0 Å². The van der Waals surface area contributed by atoms with Gasteiger partial charge >= 0.3 is 0 Å². The van der Waals surface area contributed by atoms with E-state index in [-0.39, 0.29) is 0 Å². The molecule has 0 radical (unpaired) electrons. The van der Waals surface area contributed by atoms with Gasteiger partial charge in [0.2, 0.25) is 0 Å². The number of nitrogens with zero attached hydrogens (tertiary/aromatic N) is 3. The lowest BCUT2D eigenvalue weighted by molar-refractivity contribution is 1.04. The molecule has 0 saturated carbocycles. The normalized spacial score (nSPS) is 9.71. The summed E-state index contributed by atoms with van der Waals surface area (Å²) < 4.78 is 0. The molecule has 0 saturated heterocycles. The second kappa shape index (κ2) is 3.69. The van der Waals surface area contributed by atoms with Crippen molar-refractivity contribution >= 4 is 17.2 Å². The Kier molecular flexibility index (Phi) is 2.22. The number of anilines is 3. The first-order chi connectivity index (χ1) is 6.84. The van der Waals surface area contributed by atoms with Crippen LogP contribution in [0.3, 0.4) is 0 Å². The maximum Gasteiger partial charge on any atom is 0.153 e. The molecule has 2 heterocycles. The van der Waals surface area contributed by atoms with Crippen LogP contribution in [0.4, 0.5) is 17.2 Å². The molecule has 14 heavy (non-hydrogen) atoms. The second-order valence-corrected chi connectivity index (χ2v) is 2.74. The van der Waals surface area contributed by atoms with Crippen molar-refractivity contribution in [1.29, 1.82) is 0 Å². The van der Waals surface area contributed by atoms with Crippen LogP contribution in [0.25, 0.3) is 0 Å². The summed E-state index contributed by atoms with van der Waals surface area (Å²) in [5, 5.41) is 10.6. The lowest BCUT2D eigenvalue weighted by atomic mass is 10.4. The van der Waals surface area contributed by atoms with Crippen LogP contribution < -0.4 is 11.1 Å². The Hall–Kier alpha value is -2.17. The Morgan fingerprint density at radius 1 is 1.29 bits per heavy atom. The Morgan fingerprint density at radius 2 is 2.21 bits per heavy atom. The number of hydrogen-bond donors (Lipinski definition) is 2. The molecule has 0 aliphatic rings. The van der Waals surface area contributed by atoms with Gasteiger partial charge in [-0.25, -0.2) is 0 Å². The van der Waals surface area contributed by atoms with Crippen molar-refractivity contribution in [3.63, 3.8) is 0 Å². The van der Waals surface area contributed by atoms with E-state index in [4.69, 9.17) is 5.73 Å². The van der Waals surface area contributed by atoms with E-state index in [1.54, 1.807) is 30.7 Å². The lowest BCUT2D eigenvalue weighted by Gasteiger charge is -2.03. The molecule has 5 heteroatoms. The number of nitrogens with one attached hydrogen (secondary N) is 1. The summed E-state index contributed by atoms with van der Waals surface area (Å²) in [7, 11) is 0. The SMILES string of the molecule is Nc1cncc(Nc2cccnn2)c1. The highest BCUT2D eigenvalue weighted by Gasteiger charge is 1.95. The number of aromatic nitrogens is 3. The molecule has 0 unspecified atom stereocenters. The number of nitrogen functional groups attached to an aromatic ring is 1. The van der Waals surface area contributed by atoms with E-state index < -0.39 is 0 Å². The van der Waals surface area contributed by atoms with E-state index in [1.807, 2.05) is 6.07 Å². The third-order valence-corrected chi connectivity index (χ3v) is 1.60. The van der Waals surface area contributed by atoms with Crippen LogP contribution in [-0.2, 0) is 0 Å². The molecule has 0 aliphatic heterocycles. The zero-order chi connectivity index (χ0) is 9.80. The number of pyridine rings is 1. The third-order valence-electron chi connectivity index (χ3n) is 1.60. The summed E-state index contributed by atoms with van der Waals surface area (Å²) in [5.74, 6) is 0.667. The van der Waals surface area contributed by atoms with Gasteiger partial charge in [-0.3, -0.25) is 4.98 Å². The van der Waals surface area contributed by atoms with Gasteiger partial charge < -0.3 is 11.1 Å². The van der Waals surface area contributed by atoms with Crippen LogP contribution in [0.2, 0.25) is 0 Å².